The summed E-state index contributed by atoms with van der Waals surface area (Å²) in [6.07, 6.45) is 5.52. The normalized spacial score (nSPS) is 7.80. The molecule has 0 fully saturated rings. The van der Waals surface area contributed by atoms with E-state index in [1.54, 1.807) is 18.5 Å². The smallest absolute Gasteiger partial charge is 0.0958 e. The molecule has 7 nitrogen and oxygen atoms in total. The SMILES string of the molecule is CCn1cnc2cc(C)ccc21.CCn1cnc2cc([C-]=O)ccc21.[CH2-]I.[CH3-].[NH2-].[NH2-].[V].[V].[Y].[Y].[Y]. The first kappa shape index (κ1) is 53.4. The number of aryl methyl sites for hydroxylation is 3. The van der Waals surface area contributed by atoms with Crippen LogP contribution in [0.5, 0.6) is 0 Å². The van der Waals surface area contributed by atoms with E-state index < -0.39 is 0 Å². The summed E-state index contributed by atoms with van der Waals surface area (Å²) in [5.41, 5.74) is 6.04. The molecule has 2 heterocycles. The summed E-state index contributed by atoms with van der Waals surface area (Å²) in [5, 5.41) is 0. The van der Waals surface area contributed by atoms with Crippen LogP contribution in [0.4, 0.5) is 0 Å². The number of nitrogens with two attached hydrogens (primary N) is 2. The van der Waals surface area contributed by atoms with E-state index in [1.165, 1.54) is 11.1 Å². The summed E-state index contributed by atoms with van der Waals surface area (Å²) in [5.74, 6) is 0. The fourth-order valence-electron chi connectivity index (χ4n) is 2.81. The number of halogens is 1. The van der Waals surface area contributed by atoms with Crippen LogP contribution in [0.15, 0.2) is 49.1 Å². The summed E-state index contributed by atoms with van der Waals surface area (Å²) >= 11 is 1.90. The van der Waals surface area contributed by atoms with E-state index in [9.17, 15) is 4.79 Å². The summed E-state index contributed by atoms with van der Waals surface area (Å²) in [6, 6.07) is 11.8. The number of hydrogen-bond donors (Lipinski definition) is 0. The Morgan fingerprint density at radius 1 is 0.829 bits per heavy atom. The standard InChI is InChI=1S/C10H9N2O.C10H12N2.CH2I.CH3.2H2N.2V.3Y/c1-2-12-7-11-9-5-8(6-13)3-4-10(9)12;1-3-12-7-11-9-6-8(2)4-5-10(9)12;1-2;;;;;;;;/h3-5,7H,2H2,1H3;4-7H,3H2,1-2H3;1H2;1H3;2*1H2;;;;;/q-1;;4*-1;;;;;. The third-order valence-electron chi connectivity index (χ3n) is 4.20. The van der Waals surface area contributed by atoms with Crippen LogP contribution >= 0.6 is 22.6 Å². The number of aromatic nitrogens is 4. The number of hydrogen-bond acceptors (Lipinski definition) is 3. The molecule has 4 rings (SSSR count). The van der Waals surface area contributed by atoms with E-state index in [1.807, 2.05) is 45.8 Å². The molecule has 0 aliphatic carbocycles. The van der Waals surface area contributed by atoms with Crippen LogP contribution in [0.2, 0.25) is 0 Å². The monoisotopic (exact) mass is 890 g/mol. The van der Waals surface area contributed by atoms with Gasteiger partial charge in [-0.15, -0.1) is 11.6 Å². The first-order valence-corrected chi connectivity index (χ1v) is 10.2. The number of nitrogens with zero attached hydrogens (tertiary/aromatic N) is 4. The molecular weight excluding hydrogens is 860 g/mol. The van der Waals surface area contributed by atoms with Crippen LogP contribution in [-0.4, -0.2) is 25.4 Å². The molecule has 0 unspecified atom stereocenters. The second-order valence-electron chi connectivity index (χ2n) is 5.86. The molecule has 4 N–H and O–H groups in total. The first-order chi connectivity index (χ1) is 13.2. The van der Waals surface area contributed by atoms with Gasteiger partial charge in [0.1, 0.15) is 0 Å². The summed E-state index contributed by atoms with van der Waals surface area (Å²) in [4.78, 5) is 22.1. The second-order valence-corrected chi connectivity index (χ2v) is 5.86. The van der Waals surface area contributed by atoms with Crippen molar-refractivity contribution in [2.75, 3.05) is 0 Å². The predicted molar refractivity (Wildman–Crippen MR) is 137 cm³/mol. The number of carbonyl (C=O) groups excluding carboxylic acids is 1. The third-order valence-corrected chi connectivity index (χ3v) is 4.20. The van der Waals surface area contributed by atoms with Gasteiger partial charge in [-0.2, -0.15) is 6.07 Å². The van der Waals surface area contributed by atoms with Crippen LogP contribution in [0.1, 0.15) is 25.0 Å². The Kier molecular flexibility index (Phi) is 44.5. The number of benzene rings is 2. The number of rotatable bonds is 3. The zero-order valence-electron chi connectivity index (χ0n) is 20.6. The van der Waals surface area contributed by atoms with Crippen molar-refractivity contribution < 1.29 is 140 Å². The van der Waals surface area contributed by atoms with Crippen LogP contribution < -0.4 is 0 Å². The average molecular weight is 890 g/mol. The van der Waals surface area contributed by atoms with Crippen LogP contribution in [-0.2, 0) is 153 Å². The second kappa shape index (κ2) is 29.2. The Morgan fingerprint density at radius 3 is 1.63 bits per heavy atom. The van der Waals surface area contributed by atoms with Gasteiger partial charge in [0, 0.05) is 159 Å². The minimum Gasteiger partial charge on any atom is -0.693 e. The largest absolute Gasteiger partial charge is 0.693 e. The molecule has 5 radical (unpaired) electrons. The molecule has 2 aromatic heterocycles. The summed E-state index contributed by atoms with van der Waals surface area (Å²) < 4.78 is 4.18. The quantitative estimate of drug-likeness (QED) is 0.164. The molecule has 4 aromatic rings. The molecule has 185 valence electrons. The number of imidazole rings is 2. The van der Waals surface area contributed by atoms with Crippen molar-refractivity contribution in [1.29, 1.82) is 0 Å². The van der Waals surface area contributed by atoms with Crippen molar-refractivity contribution >= 4 is 50.9 Å². The van der Waals surface area contributed by atoms with Gasteiger partial charge in [0.2, 0.25) is 0 Å². The van der Waals surface area contributed by atoms with Crippen molar-refractivity contribution in [3.63, 3.8) is 0 Å². The van der Waals surface area contributed by atoms with Crippen molar-refractivity contribution in [3.05, 3.63) is 84.8 Å². The van der Waals surface area contributed by atoms with Gasteiger partial charge in [-0.3, -0.25) is 9.91 Å². The Labute approximate surface area is 323 Å². The van der Waals surface area contributed by atoms with Gasteiger partial charge < -0.3 is 56.2 Å². The Morgan fingerprint density at radius 2 is 1.23 bits per heavy atom. The zero-order chi connectivity index (χ0) is 19.8. The molecule has 35 heavy (non-hydrogen) atoms. The Bertz CT molecular complexity index is 1050. The topological polar surface area (TPSA) is 120 Å². The maximum absolute atomic E-state index is 10.4. The fourth-order valence-corrected chi connectivity index (χ4v) is 2.81. The van der Waals surface area contributed by atoms with Crippen molar-refractivity contribution in [3.8, 4) is 0 Å². The molecule has 0 saturated carbocycles. The summed E-state index contributed by atoms with van der Waals surface area (Å²) in [7, 11) is 0. The van der Waals surface area contributed by atoms with E-state index in [0.717, 1.165) is 29.6 Å². The van der Waals surface area contributed by atoms with Crippen LogP contribution in [0.25, 0.3) is 34.4 Å². The predicted octanol–water partition coefficient (Wildman–Crippen LogP) is 6.96. The molecular formula is C22H30IN6OV2Y3-5. The van der Waals surface area contributed by atoms with Gasteiger partial charge in [-0.1, -0.05) is 12.1 Å². The van der Waals surface area contributed by atoms with Crippen LogP contribution in [0.3, 0.4) is 0 Å². The third kappa shape index (κ3) is 15.5. The molecule has 0 amide bonds. The first-order valence-electron chi connectivity index (χ1n) is 8.67. The van der Waals surface area contributed by atoms with E-state index in [2.05, 4.69) is 58.4 Å². The van der Waals surface area contributed by atoms with Crippen molar-refractivity contribution in [1.82, 2.24) is 19.1 Å². The zero-order valence-corrected chi connectivity index (χ0v) is 34.1. The van der Waals surface area contributed by atoms with Gasteiger partial charge in [0.25, 0.3) is 0 Å². The molecule has 0 atom stereocenters. The minimum atomic E-state index is 0. The Balaban J connectivity index is -0.0000000690. The van der Waals surface area contributed by atoms with Gasteiger partial charge in [-0.25, -0.2) is 4.98 Å². The maximum Gasteiger partial charge on any atom is 0.0958 e. The van der Waals surface area contributed by atoms with Gasteiger partial charge >= 0.3 is 0 Å². The van der Waals surface area contributed by atoms with Gasteiger partial charge in [0.05, 0.1) is 30.0 Å². The minimum absolute atomic E-state index is 0. The molecule has 0 saturated heterocycles. The van der Waals surface area contributed by atoms with Crippen LogP contribution in [0, 0.1) is 19.3 Å². The summed E-state index contributed by atoms with van der Waals surface area (Å²) in [6.45, 7) is 8.15. The van der Waals surface area contributed by atoms with Gasteiger partial charge in [0.15, 0.2) is 0 Å². The Hall–Kier alpha value is 2.18. The molecule has 0 bridgehead atoms. The number of fused-ring (bicyclic) bond motifs is 2. The molecule has 0 spiro atoms. The fraction of sp³-hybridized carbons (Fsp3) is 0.227. The van der Waals surface area contributed by atoms with E-state index in [4.69, 9.17) is 0 Å². The maximum atomic E-state index is 10.4. The van der Waals surface area contributed by atoms with E-state index in [-0.39, 0.29) is 155 Å². The molecule has 0 aliphatic heterocycles. The molecule has 2 aromatic carbocycles. The van der Waals surface area contributed by atoms with E-state index >= 15 is 0 Å². The van der Waals surface area contributed by atoms with Crippen molar-refractivity contribution in [2.45, 2.75) is 33.9 Å². The van der Waals surface area contributed by atoms with Gasteiger partial charge in [-0.05, 0) is 38.5 Å². The molecule has 0 aliphatic rings. The molecule has 13 heteroatoms. The van der Waals surface area contributed by atoms with Crippen molar-refractivity contribution in [2.24, 2.45) is 0 Å². The van der Waals surface area contributed by atoms with E-state index in [0.29, 0.717) is 5.56 Å². The average Bonchev–Trinajstić information content (AvgIpc) is 3.32.